The van der Waals surface area contributed by atoms with Gasteiger partial charge in [0.2, 0.25) is 0 Å². The molecule has 3 rings (SSSR count). The lowest BCUT2D eigenvalue weighted by atomic mass is 9.89. The van der Waals surface area contributed by atoms with E-state index < -0.39 is 0 Å². The molecule has 1 N–H and O–H groups in total. The minimum absolute atomic E-state index is 0.817. The summed E-state index contributed by atoms with van der Waals surface area (Å²) in [6, 6.07) is 8.24. The first-order valence-electron chi connectivity index (χ1n) is 6.76. The van der Waals surface area contributed by atoms with Gasteiger partial charge in [0.05, 0.1) is 6.61 Å². The van der Waals surface area contributed by atoms with Crippen LogP contribution in [-0.2, 0) is 0 Å². The number of nitrogens with one attached hydrogen (secondary N) is 1. The molecule has 3 atom stereocenters. The maximum Gasteiger partial charge on any atom is 0.119 e. The third kappa shape index (κ3) is 2.26. The topological polar surface area (TPSA) is 21.3 Å². The summed E-state index contributed by atoms with van der Waals surface area (Å²) in [5.41, 5.74) is 1.14. The third-order valence-corrected chi connectivity index (χ3v) is 4.49. The Balaban J connectivity index is 1.53. The van der Waals surface area contributed by atoms with Gasteiger partial charge in [-0.15, -0.1) is 0 Å². The molecule has 2 saturated carbocycles. The fourth-order valence-corrected chi connectivity index (χ4v) is 3.50. The van der Waals surface area contributed by atoms with E-state index >= 15 is 0 Å². The molecule has 2 nitrogen and oxygen atoms in total. The number of anilines is 1. The Morgan fingerprint density at radius 1 is 1.18 bits per heavy atom. The van der Waals surface area contributed by atoms with Crippen molar-refractivity contribution >= 4 is 5.69 Å². The molecule has 0 amide bonds. The summed E-state index contributed by atoms with van der Waals surface area (Å²) in [6.45, 7) is 0.917. The molecule has 17 heavy (non-hydrogen) atoms. The first kappa shape index (κ1) is 10.9. The van der Waals surface area contributed by atoms with Crippen molar-refractivity contribution in [1.82, 2.24) is 0 Å². The SMILES string of the molecule is CNc1ccc(OCC2CC3CCC2C3)cc1. The molecule has 0 saturated heterocycles. The van der Waals surface area contributed by atoms with E-state index in [0.717, 1.165) is 35.8 Å². The average molecular weight is 231 g/mol. The Labute approximate surface area is 103 Å². The third-order valence-electron chi connectivity index (χ3n) is 4.49. The van der Waals surface area contributed by atoms with Gasteiger partial charge < -0.3 is 10.1 Å². The average Bonchev–Trinajstić information content (AvgIpc) is 2.99. The van der Waals surface area contributed by atoms with Gasteiger partial charge in [0.15, 0.2) is 0 Å². The maximum absolute atomic E-state index is 5.91. The number of fused-ring (bicyclic) bond motifs is 2. The van der Waals surface area contributed by atoms with Crippen LogP contribution in [0.2, 0.25) is 0 Å². The fraction of sp³-hybridized carbons (Fsp3) is 0.600. The predicted octanol–water partition coefficient (Wildman–Crippen LogP) is 3.54. The van der Waals surface area contributed by atoms with E-state index in [1.807, 2.05) is 7.05 Å². The minimum atomic E-state index is 0.817. The molecular weight excluding hydrogens is 210 g/mol. The largest absolute Gasteiger partial charge is 0.493 e. The van der Waals surface area contributed by atoms with Crippen LogP contribution in [0.5, 0.6) is 5.75 Å². The van der Waals surface area contributed by atoms with Crippen molar-refractivity contribution in [3.8, 4) is 5.75 Å². The van der Waals surface area contributed by atoms with Crippen LogP contribution >= 0.6 is 0 Å². The lowest BCUT2D eigenvalue weighted by Gasteiger charge is -2.21. The van der Waals surface area contributed by atoms with Gasteiger partial charge in [-0.25, -0.2) is 0 Å². The fourth-order valence-electron chi connectivity index (χ4n) is 3.50. The molecular formula is C15H21NO. The lowest BCUT2D eigenvalue weighted by molar-refractivity contribution is 0.195. The van der Waals surface area contributed by atoms with Crippen molar-refractivity contribution in [3.63, 3.8) is 0 Å². The van der Waals surface area contributed by atoms with Gasteiger partial charge in [-0.3, -0.25) is 0 Å². The van der Waals surface area contributed by atoms with Gasteiger partial charge in [-0.1, -0.05) is 6.42 Å². The van der Waals surface area contributed by atoms with Gasteiger partial charge >= 0.3 is 0 Å². The molecule has 2 heteroatoms. The highest BCUT2D eigenvalue weighted by Gasteiger charge is 2.39. The van der Waals surface area contributed by atoms with E-state index in [-0.39, 0.29) is 0 Å². The van der Waals surface area contributed by atoms with Crippen molar-refractivity contribution in [2.75, 3.05) is 19.0 Å². The summed E-state index contributed by atoms with van der Waals surface area (Å²) < 4.78 is 5.91. The van der Waals surface area contributed by atoms with Crippen LogP contribution in [0.15, 0.2) is 24.3 Å². The van der Waals surface area contributed by atoms with Crippen molar-refractivity contribution in [2.24, 2.45) is 17.8 Å². The maximum atomic E-state index is 5.91. The quantitative estimate of drug-likeness (QED) is 0.855. The van der Waals surface area contributed by atoms with Crippen molar-refractivity contribution in [2.45, 2.75) is 25.7 Å². The lowest BCUT2D eigenvalue weighted by Crippen LogP contribution is -2.18. The standard InChI is InChI=1S/C15H21NO/c1-16-14-4-6-15(7-5-14)17-10-13-9-11-2-3-12(13)8-11/h4-7,11-13,16H,2-3,8-10H2,1H3. The molecule has 92 valence electrons. The van der Waals surface area contributed by atoms with Gasteiger partial charge in [0.1, 0.15) is 5.75 Å². The first-order valence-corrected chi connectivity index (χ1v) is 6.76. The molecule has 2 aliphatic rings. The van der Waals surface area contributed by atoms with Crippen LogP contribution in [0.3, 0.4) is 0 Å². The molecule has 2 bridgehead atoms. The highest BCUT2D eigenvalue weighted by Crippen LogP contribution is 2.48. The highest BCUT2D eigenvalue weighted by atomic mass is 16.5. The summed E-state index contributed by atoms with van der Waals surface area (Å²) in [5.74, 6) is 3.79. The number of rotatable bonds is 4. The minimum Gasteiger partial charge on any atom is -0.493 e. The molecule has 0 heterocycles. The van der Waals surface area contributed by atoms with E-state index in [1.165, 1.54) is 25.7 Å². The molecule has 0 radical (unpaired) electrons. The van der Waals surface area contributed by atoms with Crippen LogP contribution in [0.25, 0.3) is 0 Å². The molecule has 2 aliphatic carbocycles. The number of hydrogen-bond acceptors (Lipinski definition) is 2. The molecule has 2 fully saturated rings. The molecule has 0 spiro atoms. The normalized spacial score (nSPS) is 30.5. The number of hydrogen-bond donors (Lipinski definition) is 1. The van der Waals surface area contributed by atoms with Crippen molar-refractivity contribution < 1.29 is 4.74 Å². The van der Waals surface area contributed by atoms with Crippen molar-refractivity contribution in [1.29, 1.82) is 0 Å². The van der Waals surface area contributed by atoms with Gasteiger partial charge in [0.25, 0.3) is 0 Å². The predicted molar refractivity (Wildman–Crippen MR) is 70.4 cm³/mol. The van der Waals surface area contributed by atoms with E-state index in [4.69, 9.17) is 4.74 Å². The smallest absolute Gasteiger partial charge is 0.119 e. The summed E-state index contributed by atoms with van der Waals surface area (Å²) in [6.07, 6.45) is 5.78. The Kier molecular flexibility index (Phi) is 2.96. The summed E-state index contributed by atoms with van der Waals surface area (Å²) in [4.78, 5) is 0. The zero-order chi connectivity index (χ0) is 11.7. The van der Waals surface area contributed by atoms with E-state index in [2.05, 4.69) is 29.6 Å². The zero-order valence-electron chi connectivity index (χ0n) is 10.5. The van der Waals surface area contributed by atoms with Crippen LogP contribution < -0.4 is 10.1 Å². The molecule has 0 aromatic heterocycles. The molecule has 1 aromatic carbocycles. The van der Waals surface area contributed by atoms with E-state index in [9.17, 15) is 0 Å². The van der Waals surface area contributed by atoms with Crippen LogP contribution in [0.1, 0.15) is 25.7 Å². The summed E-state index contributed by atoms with van der Waals surface area (Å²) >= 11 is 0. The Morgan fingerprint density at radius 2 is 2.00 bits per heavy atom. The molecule has 0 aliphatic heterocycles. The summed E-state index contributed by atoms with van der Waals surface area (Å²) in [5, 5.41) is 3.12. The molecule has 1 aromatic rings. The Morgan fingerprint density at radius 3 is 2.59 bits per heavy atom. The Bertz CT molecular complexity index is 373. The van der Waals surface area contributed by atoms with Gasteiger partial charge in [0, 0.05) is 12.7 Å². The Hall–Kier alpha value is -1.18. The zero-order valence-corrected chi connectivity index (χ0v) is 10.5. The van der Waals surface area contributed by atoms with Gasteiger partial charge in [-0.05, 0) is 61.3 Å². The number of benzene rings is 1. The van der Waals surface area contributed by atoms with E-state index in [0.29, 0.717) is 0 Å². The first-order chi connectivity index (χ1) is 8.35. The van der Waals surface area contributed by atoms with Gasteiger partial charge in [-0.2, -0.15) is 0 Å². The number of ether oxygens (including phenoxy) is 1. The second-order valence-corrected chi connectivity index (χ2v) is 5.52. The van der Waals surface area contributed by atoms with Crippen LogP contribution in [0.4, 0.5) is 5.69 Å². The molecule has 3 unspecified atom stereocenters. The van der Waals surface area contributed by atoms with Crippen LogP contribution in [0, 0.1) is 17.8 Å². The van der Waals surface area contributed by atoms with Crippen molar-refractivity contribution in [3.05, 3.63) is 24.3 Å². The highest BCUT2D eigenvalue weighted by molar-refractivity contribution is 5.45. The second kappa shape index (κ2) is 4.59. The summed E-state index contributed by atoms with van der Waals surface area (Å²) in [7, 11) is 1.94. The second-order valence-electron chi connectivity index (χ2n) is 5.52. The van der Waals surface area contributed by atoms with Crippen LogP contribution in [-0.4, -0.2) is 13.7 Å². The monoisotopic (exact) mass is 231 g/mol. The van der Waals surface area contributed by atoms with E-state index in [1.54, 1.807) is 0 Å².